The van der Waals surface area contributed by atoms with Gasteiger partial charge >= 0.3 is 5.97 Å². The molecule has 46 valence electrons. The van der Waals surface area contributed by atoms with Crippen molar-refractivity contribution in [2.45, 2.75) is 6.92 Å². The zero-order valence-corrected chi connectivity index (χ0v) is 4.52. The van der Waals surface area contributed by atoms with E-state index in [-0.39, 0.29) is 12.5 Å². The van der Waals surface area contributed by atoms with Gasteiger partial charge in [0.25, 0.3) is 0 Å². The lowest BCUT2D eigenvalue weighted by molar-refractivity contribution is -0.137. The van der Waals surface area contributed by atoms with Crippen molar-refractivity contribution in [1.29, 1.82) is 0 Å². The minimum Gasteiger partial charge on any atom is -0.563 e. The number of amides is 1. The molecule has 4 heteroatoms. The van der Waals surface area contributed by atoms with Crippen LogP contribution in [0, 0.1) is 0 Å². The van der Waals surface area contributed by atoms with Gasteiger partial charge in [-0.2, -0.15) is 0 Å². The van der Waals surface area contributed by atoms with E-state index in [1.807, 2.05) is 0 Å². The second-order valence-corrected chi connectivity index (χ2v) is 1.33. The summed E-state index contributed by atoms with van der Waals surface area (Å²) in [7, 11) is 0. The summed E-state index contributed by atoms with van der Waals surface area (Å²) in [6.07, 6.45) is 0. The summed E-state index contributed by atoms with van der Waals surface area (Å²) in [4.78, 5) is 19.8. The summed E-state index contributed by atoms with van der Waals surface area (Å²) in [6, 6.07) is 0. The number of nitrogens with one attached hydrogen (secondary N) is 1. The molecule has 0 atom stereocenters. The summed E-state index contributed by atoms with van der Waals surface area (Å²) in [5.74, 6) is -1.06. The average molecular weight is 118 g/mol. The first-order valence-corrected chi connectivity index (χ1v) is 2.12. The molecule has 0 aliphatic heterocycles. The zero-order valence-electron chi connectivity index (χ0n) is 4.52. The molecule has 0 aliphatic carbocycles. The van der Waals surface area contributed by atoms with Crippen molar-refractivity contribution in [3.05, 3.63) is 0 Å². The summed E-state index contributed by atoms with van der Waals surface area (Å²) in [6.45, 7) is 1.11. The van der Waals surface area contributed by atoms with Crippen molar-refractivity contribution in [2.75, 3.05) is 6.54 Å². The van der Waals surface area contributed by atoms with E-state index in [9.17, 15) is 9.59 Å². The fourth-order valence-corrected chi connectivity index (χ4v) is 0.205. The van der Waals surface area contributed by atoms with Crippen molar-refractivity contribution in [3.8, 4) is 0 Å². The Balaban J connectivity index is 3.18. The van der Waals surface area contributed by atoms with Gasteiger partial charge in [0.05, 0.1) is 0 Å². The highest BCUT2D eigenvalue weighted by atomic mass is 16.4. The molecule has 0 aromatic heterocycles. The Kier molecular flexibility index (Phi) is 2.61. The molecule has 0 aliphatic rings. The number of carbonyl (C=O) groups is 2. The third-order valence-electron chi connectivity index (χ3n) is 0.498. The van der Waals surface area contributed by atoms with Crippen LogP contribution in [0.4, 0.5) is 0 Å². The van der Waals surface area contributed by atoms with Crippen LogP contribution in [0.1, 0.15) is 6.92 Å². The molecule has 0 radical (unpaired) electrons. The number of hydrogen-bond acceptors (Lipinski definition) is 2. The third-order valence-corrected chi connectivity index (χ3v) is 0.498. The van der Waals surface area contributed by atoms with Gasteiger partial charge in [-0.15, -0.1) is 0 Å². The van der Waals surface area contributed by atoms with Gasteiger partial charge in [0, 0.05) is 11.7 Å². The van der Waals surface area contributed by atoms with Crippen LogP contribution in [0.5, 0.6) is 0 Å². The molecule has 0 bridgehead atoms. The molecule has 0 fully saturated rings. The molecule has 0 rings (SSSR count). The highest BCUT2D eigenvalue weighted by Crippen LogP contribution is 1.60. The molecule has 4 nitrogen and oxygen atoms in total. The fourth-order valence-electron chi connectivity index (χ4n) is 0.205. The van der Waals surface area contributed by atoms with Crippen LogP contribution in [-0.4, -0.2) is 23.5 Å². The molecule has 0 saturated heterocycles. The van der Waals surface area contributed by atoms with E-state index >= 15 is 0 Å². The van der Waals surface area contributed by atoms with E-state index in [1.165, 1.54) is 6.92 Å². The van der Waals surface area contributed by atoms with Crippen LogP contribution in [0.3, 0.4) is 0 Å². The van der Waals surface area contributed by atoms with Gasteiger partial charge in [0.2, 0.25) is 5.91 Å². The Morgan fingerprint density at radius 1 is 1.62 bits per heavy atom. The minimum atomic E-state index is -0.778. The maximum atomic E-state index is 10.0. The highest BCUT2D eigenvalue weighted by Gasteiger charge is 2.03. The molecule has 0 heterocycles. The summed E-state index contributed by atoms with van der Waals surface area (Å²) < 4.78 is 0. The van der Waals surface area contributed by atoms with Gasteiger partial charge in [0.15, 0.2) is 6.54 Å². The van der Waals surface area contributed by atoms with E-state index in [0.29, 0.717) is 0 Å². The lowest BCUT2D eigenvalue weighted by atomic mass is 10.6. The summed E-state index contributed by atoms with van der Waals surface area (Å²) in [5.41, 5.74) is 0. The van der Waals surface area contributed by atoms with Crippen LogP contribution in [0.25, 0.3) is 0 Å². The standard InChI is InChI=1S/C4H7NO3/c1-3(6)5-2-4(7)8/h2H2,1H3,(H,5,6)(H,7,8)/p+1. The quantitative estimate of drug-likeness (QED) is 0.442. The minimum absolute atomic E-state index is 0.185. The summed E-state index contributed by atoms with van der Waals surface area (Å²) >= 11 is 0. The lowest BCUT2D eigenvalue weighted by Crippen LogP contribution is -2.26. The van der Waals surface area contributed by atoms with Gasteiger partial charge in [-0.1, -0.05) is 0 Å². The topological polar surface area (TPSA) is 69.1 Å². The highest BCUT2D eigenvalue weighted by molar-refractivity contribution is 5.79. The molecular formula is C4H8NO3+. The first-order chi connectivity index (χ1) is 3.63. The Morgan fingerprint density at radius 2 is 2.12 bits per heavy atom. The van der Waals surface area contributed by atoms with Crippen LogP contribution in [-0.2, 0) is 9.59 Å². The van der Waals surface area contributed by atoms with E-state index in [4.69, 9.17) is 5.11 Å². The molecule has 0 saturated carbocycles. The van der Waals surface area contributed by atoms with Gasteiger partial charge in [-0.3, -0.25) is 4.79 Å². The lowest BCUT2D eigenvalue weighted by Gasteiger charge is -1.88. The van der Waals surface area contributed by atoms with E-state index in [1.54, 1.807) is 0 Å². The average Bonchev–Trinajstić information content (AvgIpc) is 1.61. The van der Waals surface area contributed by atoms with Crippen molar-refractivity contribution in [1.82, 2.24) is 5.32 Å². The fraction of sp³-hybridized carbons (Fsp3) is 0.500. The predicted octanol–water partition coefficient (Wildman–Crippen LogP) is -1.63. The van der Waals surface area contributed by atoms with Crippen molar-refractivity contribution >= 4 is 11.9 Å². The largest absolute Gasteiger partial charge is 0.563 e. The van der Waals surface area contributed by atoms with Gasteiger partial charge in [-0.25, -0.2) is 0 Å². The maximum Gasteiger partial charge on any atom is 0.535 e. The normalized spacial score (nSPS) is 8.12. The van der Waals surface area contributed by atoms with Crippen molar-refractivity contribution in [2.24, 2.45) is 0 Å². The van der Waals surface area contributed by atoms with Gasteiger partial charge < -0.3 is 10.4 Å². The molecule has 8 heavy (non-hydrogen) atoms. The van der Waals surface area contributed by atoms with E-state index in [2.05, 4.69) is 5.32 Å². The Bertz CT molecular complexity index is 95.9. The predicted molar refractivity (Wildman–Crippen MR) is 27.3 cm³/mol. The van der Waals surface area contributed by atoms with Crippen molar-refractivity contribution in [3.63, 3.8) is 0 Å². The third kappa shape index (κ3) is 4.94. The van der Waals surface area contributed by atoms with Crippen LogP contribution >= 0.6 is 0 Å². The van der Waals surface area contributed by atoms with E-state index in [0.717, 1.165) is 0 Å². The van der Waals surface area contributed by atoms with E-state index < -0.39 is 5.97 Å². The smallest absolute Gasteiger partial charge is 0.535 e. The Hall–Kier alpha value is -1.06. The number of hydrogen-bond donors (Lipinski definition) is 1. The molecule has 1 amide bonds. The maximum absolute atomic E-state index is 10.0. The van der Waals surface area contributed by atoms with Gasteiger partial charge in [0.1, 0.15) is 0 Å². The van der Waals surface area contributed by atoms with Gasteiger partial charge in [-0.05, 0) is 0 Å². The second-order valence-electron chi connectivity index (χ2n) is 1.33. The van der Waals surface area contributed by atoms with Crippen molar-refractivity contribution < 1.29 is 14.7 Å². The second kappa shape index (κ2) is 3.01. The number of carbonyl (C=O) groups excluding carboxylic acids is 2. The van der Waals surface area contributed by atoms with Crippen LogP contribution in [0.15, 0.2) is 0 Å². The molecule has 0 aromatic carbocycles. The SMILES string of the molecule is CC(=O)NCC(=O)[OH2+]. The van der Waals surface area contributed by atoms with Crippen LogP contribution in [0.2, 0.25) is 0 Å². The molecular weight excluding hydrogens is 110 g/mol. The first-order valence-electron chi connectivity index (χ1n) is 2.12. The summed E-state index contributed by atoms with van der Waals surface area (Å²) in [5, 5.41) is 8.49. The zero-order chi connectivity index (χ0) is 6.57. The van der Waals surface area contributed by atoms with Crippen LogP contribution < -0.4 is 5.32 Å². The molecule has 3 N–H and O–H groups in total. The monoisotopic (exact) mass is 118 g/mol. The number of rotatable bonds is 2. The Labute approximate surface area is 46.5 Å². The molecule has 0 aromatic rings. The molecule has 0 spiro atoms. The Morgan fingerprint density at radius 3 is 2.25 bits per heavy atom. The first kappa shape index (κ1) is 6.94. The molecule has 0 unspecified atom stereocenters.